The maximum atomic E-state index is 13.8. The van der Waals surface area contributed by atoms with Crippen LogP contribution in [0.4, 0.5) is 0 Å². The molecular weight excluding hydrogens is 574 g/mol. The summed E-state index contributed by atoms with van der Waals surface area (Å²) in [4.78, 5) is 54.1. The lowest BCUT2D eigenvalue weighted by Crippen LogP contribution is -2.40. The Hall–Kier alpha value is -4.32. The molecule has 0 saturated carbocycles. The van der Waals surface area contributed by atoms with Crippen LogP contribution in [-0.4, -0.2) is 35.2 Å². The molecule has 2 aliphatic heterocycles. The number of fused-ring (bicyclic) bond motifs is 2. The molecule has 0 saturated heterocycles. The number of ether oxygens (including phenoxy) is 1. The summed E-state index contributed by atoms with van der Waals surface area (Å²) in [5.74, 6) is -1.76. The van der Waals surface area contributed by atoms with Crippen LogP contribution in [0.5, 0.6) is 0 Å². The van der Waals surface area contributed by atoms with Crippen molar-refractivity contribution in [1.29, 1.82) is 0 Å². The highest BCUT2D eigenvalue weighted by molar-refractivity contribution is 6.40. The second-order valence-electron chi connectivity index (χ2n) is 13.2. The minimum atomic E-state index is -0.646. The van der Waals surface area contributed by atoms with Crippen LogP contribution in [0, 0.1) is 0 Å². The largest absolute Gasteiger partial charge is 0.386 e. The maximum absolute atomic E-state index is 13.8. The van der Waals surface area contributed by atoms with E-state index in [0.29, 0.717) is 39.6 Å². The lowest BCUT2D eigenvalue weighted by Gasteiger charge is -2.29. The number of carbonyl (C=O) groups excluding carboxylic acids is 4. The number of benzene rings is 5. The van der Waals surface area contributed by atoms with Crippen molar-refractivity contribution in [3.63, 3.8) is 0 Å². The third kappa shape index (κ3) is 5.12. The molecule has 0 unspecified atom stereocenters. The van der Waals surface area contributed by atoms with Crippen LogP contribution >= 0.6 is 0 Å². The van der Waals surface area contributed by atoms with E-state index in [1.807, 2.05) is 36.4 Å². The Labute approximate surface area is 269 Å². The predicted octanol–water partition coefficient (Wildman–Crippen LogP) is 10.1. The summed E-state index contributed by atoms with van der Waals surface area (Å²) in [5, 5.41) is 6.51. The first-order chi connectivity index (χ1) is 22.5. The van der Waals surface area contributed by atoms with Crippen molar-refractivity contribution in [3.05, 3.63) is 70.8 Å². The monoisotopic (exact) mass is 615 g/mol. The Morgan fingerprint density at radius 2 is 0.783 bits per heavy atom. The molecule has 236 valence electrons. The predicted molar refractivity (Wildman–Crippen MR) is 183 cm³/mol. The second kappa shape index (κ2) is 12.8. The highest BCUT2D eigenvalue weighted by atomic mass is 16.6. The summed E-state index contributed by atoms with van der Waals surface area (Å²) in [7, 11) is 0. The van der Waals surface area contributed by atoms with Crippen LogP contribution in [0.1, 0.15) is 138 Å². The van der Waals surface area contributed by atoms with Gasteiger partial charge in [-0.05, 0) is 63.0 Å². The second-order valence-corrected chi connectivity index (χ2v) is 13.2. The molecule has 6 heteroatoms. The number of hydrogen-bond acceptors (Lipinski definition) is 5. The summed E-state index contributed by atoms with van der Waals surface area (Å²) in [6, 6.07) is 14.7. The Balaban J connectivity index is 1.05. The van der Waals surface area contributed by atoms with Crippen LogP contribution in [0.25, 0.3) is 43.1 Å². The maximum Gasteiger partial charge on any atom is 0.346 e. The number of cyclic esters (lactones) is 2. The first kappa shape index (κ1) is 30.3. The zero-order valence-electron chi connectivity index (χ0n) is 26.7. The van der Waals surface area contributed by atoms with Crippen molar-refractivity contribution in [2.24, 2.45) is 0 Å². The molecule has 2 heterocycles. The van der Waals surface area contributed by atoms with Gasteiger partial charge >= 0.3 is 11.9 Å². The first-order valence-electron chi connectivity index (χ1n) is 17.3. The normalized spacial score (nSPS) is 14.5. The third-order valence-electron chi connectivity index (χ3n) is 10.2. The fourth-order valence-electron chi connectivity index (χ4n) is 7.83. The van der Waals surface area contributed by atoms with Gasteiger partial charge in [-0.25, -0.2) is 9.59 Å². The van der Waals surface area contributed by atoms with Gasteiger partial charge < -0.3 is 4.74 Å². The lowest BCUT2D eigenvalue weighted by atomic mass is 9.83. The van der Waals surface area contributed by atoms with Gasteiger partial charge in [0.1, 0.15) is 0 Å². The minimum Gasteiger partial charge on any atom is -0.386 e. The van der Waals surface area contributed by atoms with Crippen LogP contribution in [0.15, 0.2) is 48.5 Å². The summed E-state index contributed by atoms with van der Waals surface area (Å²) in [5.41, 5.74) is 1.84. The van der Waals surface area contributed by atoms with Crippen LogP contribution in [0.3, 0.4) is 0 Å². The van der Waals surface area contributed by atoms with Crippen molar-refractivity contribution < 1.29 is 23.9 Å². The van der Waals surface area contributed by atoms with Crippen LogP contribution in [-0.2, 0) is 4.74 Å². The van der Waals surface area contributed by atoms with Gasteiger partial charge in [-0.15, -0.1) is 0 Å². The minimum absolute atomic E-state index is 0.236. The first-order valence-corrected chi connectivity index (χ1v) is 17.3. The van der Waals surface area contributed by atoms with Gasteiger partial charge in [0.15, 0.2) is 0 Å². The highest BCUT2D eigenvalue weighted by Gasteiger charge is 2.35. The van der Waals surface area contributed by atoms with E-state index >= 15 is 0 Å². The molecule has 2 aliphatic rings. The molecule has 0 atom stereocenters. The average Bonchev–Trinajstić information content (AvgIpc) is 3.06. The molecular formula is C40H41NO5. The van der Waals surface area contributed by atoms with E-state index in [1.54, 1.807) is 12.1 Å². The fraction of sp³-hybridized carbons (Fsp3) is 0.400. The molecule has 6 nitrogen and oxygen atoms in total. The van der Waals surface area contributed by atoms with Crippen molar-refractivity contribution in [2.45, 2.75) is 96.8 Å². The summed E-state index contributed by atoms with van der Waals surface area (Å²) in [6.07, 6.45) is 17.6. The number of nitrogens with zero attached hydrogens (tertiary/aromatic N) is 1. The fourth-order valence-corrected chi connectivity index (χ4v) is 7.83. The summed E-state index contributed by atoms with van der Waals surface area (Å²) < 4.78 is 4.97. The van der Waals surface area contributed by atoms with Crippen LogP contribution < -0.4 is 0 Å². The molecule has 0 spiro atoms. The third-order valence-corrected chi connectivity index (χ3v) is 10.2. The highest BCUT2D eigenvalue weighted by Crippen LogP contribution is 2.46. The number of amides is 2. The van der Waals surface area contributed by atoms with Crippen molar-refractivity contribution in [2.75, 3.05) is 6.54 Å². The van der Waals surface area contributed by atoms with Gasteiger partial charge in [-0.1, -0.05) is 115 Å². The zero-order chi connectivity index (χ0) is 31.8. The Bertz CT molecular complexity index is 1890. The van der Waals surface area contributed by atoms with Gasteiger partial charge in [0, 0.05) is 28.4 Å². The van der Waals surface area contributed by atoms with Crippen molar-refractivity contribution in [1.82, 2.24) is 4.90 Å². The van der Waals surface area contributed by atoms with E-state index in [1.165, 1.54) is 75.5 Å². The molecule has 5 aromatic carbocycles. The standard InChI is InChI=1S/C40H41NO5/c1-2-3-4-5-6-7-8-9-10-11-12-13-14-15-24-41-37(42)29-20-16-25-27-18-22-31-36-32(40(45)46-39(31)44)23-19-28(34(27)36)26-17-21-30(38(41)43)35(29)33(25)26/h16-23H,2-15,24H2,1H3. The Kier molecular flexibility index (Phi) is 8.46. The summed E-state index contributed by atoms with van der Waals surface area (Å²) >= 11 is 0. The van der Waals surface area contributed by atoms with Gasteiger partial charge in [-0.2, -0.15) is 0 Å². The molecule has 0 radical (unpaired) electrons. The van der Waals surface area contributed by atoms with Gasteiger partial charge in [0.05, 0.1) is 11.1 Å². The zero-order valence-corrected chi connectivity index (χ0v) is 26.7. The Morgan fingerprint density at radius 1 is 0.435 bits per heavy atom. The molecule has 0 N–H and O–H groups in total. The van der Waals surface area contributed by atoms with E-state index in [-0.39, 0.29) is 11.8 Å². The lowest BCUT2D eigenvalue weighted by molar-refractivity contribution is 0.0390. The Morgan fingerprint density at radius 3 is 1.20 bits per heavy atom. The van der Waals surface area contributed by atoms with Gasteiger partial charge in [0.2, 0.25) is 0 Å². The number of unbranched alkanes of at least 4 members (excludes halogenated alkanes) is 13. The molecule has 0 aliphatic carbocycles. The molecule has 5 aromatic rings. The SMILES string of the molecule is CCCCCCCCCCCCCCCCN1C(=O)c2ccc3c4ccc5c6c(ccc(c7ccc(c2c37)C1=O)c64)C(=O)OC5=O. The molecule has 0 bridgehead atoms. The average molecular weight is 616 g/mol. The number of carbonyl (C=O) groups is 4. The van der Waals surface area contributed by atoms with Crippen molar-refractivity contribution in [3.8, 4) is 0 Å². The van der Waals surface area contributed by atoms with Gasteiger partial charge in [0.25, 0.3) is 11.8 Å². The molecule has 0 fully saturated rings. The van der Waals surface area contributed by atoms with E-state index in [9.17, 15) is 19.2 Å². The quantitative estimate of drug-likeness (QED) is 0.0292. The summed E-state index contributed by atoms with van der Waals surface area (Å²) in [6.45, 7) is 2.69. The number of esters is 2. The molecule has 7 rings (SSSR count). The van der Waals surface area contributed by atoms with E-state index < -0.39 is 11.9 Å². The van der Waals surface area contributed by atoms with Gasteiger partial charge in [-0.3, -0.25) is 14.5 Å². The molecule has 46 heavy (non-hydrogen) atoms. The van der Waals surface area contributed by atoms with Crippen molar-refractivity contribution >= 4 is 66.8 Å². The number of rotatable bonds is 15. The molecule has 2 amide bonds. The van der Waals surface area contributed by atoms with E-state index in [2.05, 4.69) is 6.92 Å². The number of imide groups is 1. The van der Waals surface area contributed by atoms with E-state index in [0.717, 1.165) is 51.6 Å². The smallest absolute Gasteiger partial charge is 0.346 e. The topological polar surface area (TPSA) is 80.8 Å². The number of hydrogen-bond donors (Lipinski definition) is 0. The van der Waals surface area contributed by atoms with Crippen LogP contribution in [0.2, 0.25) is 0 Å². The van der Waals surface area contributed by atoms with E-state index in [4.69, 9.17) is 4.74 Å². The molecule has 0 aromatic heterocycles.